The standard InChI is InChI=1S/C18H20F2N4O4/c1-10-7-12(17(26)27)9-23(8-10)16(25)15-11(2)24(22-21-15)13-3-5-14(6-4-13)28-18(19)20/h3-6,10,12,18H,7-9H2,1-2H3,(H,26,27). The first-order chi connectivity index (χ1) is 13.3. The molecule has 0 aliphatic carbocycles. The molecule has 2 heterocycles. The summed E-state index contributed by atoms with van der Waals surface area (Å²) in [6.45, 7) is 1.24. The molecular formula is C18H20F2N4O4. The fourth-order valence-electron chi connectivity index (χ4n) is 3.39. The molecule has 1 fully saturated rings. The van der Waals surface area contributed by atoms with Crippen LogP contribution in [0.25, 0.3) is 5.69 Å². The second-order valence-corrected chi connectivity index (χ2v) is 6.89. The van der Waals surface area contributed by atoms with Crippen molar-refractivity contribution in [3.63, 3.8) is 0 Å². The predicted octanol–water partition coefficient (Wildman–Crippen LogP) is 2.36. The number of benzene rings is 1. The zero-order valence-electron chi connectivity index (χ0n) is 15.4. The highest BCUT2D eigenvalue weighted by atomic mass is 19.3. The highest BCUT2D eigenvalue weighted by Crippen LogP contribution is 2.24. The third kappa shape index (κ3) is 4.10. The molecule has 1 N–H and O–H groups in total. The van der Waals surface area contributed by atoms with Crippen molar-refractivity contribution in [2.45, 2.75) is 26.9 Å². The normalized spacial score (nSPS) is 19.7. The number of halogens is 2. The van der Waals surface area contributed by atoms with Gasteiger partial charge in [0.05, 0.1) is 17.3 Å². The summed E-state index contributed by atoms with van der Waals surface area (Å²) < 4.78 is 30.2. The Labute approximate surface area is 159 Å². The minimum absolute atomic E-state index is 0.00911. The van der Waals surface area contributed by atoms with Crippen LogP contribution in [0, 0.1) is 18.8 Å². The number of ether oxygens (including phenoxy) is 1. The van der Waals surface area contributed by atoms with Gasteiger partial charge in [0.25, 0.3) is 5.91 Å². The first kappa shape index (κ1) is 19.7. The maximum absolute atomic E-state index is 12.9. The summed E-state index contributed by atoms with van der Waals surface area (Å²) >= 11 is 0. The highest BCUT2D eigenvalue weighted by Gasteiger charge is 2.34. The van der Waals surface area contributed by atoms with Crippen molar-refractivity contribution < 1.29 is 28.2 Å². The van der Waals surface area contributed by atoms with Gasteiger partial charge in [-0.3, -0.25) is 9.59 Å². The van der Waals surface area contributed by atoms with E-state index in [2.05, 4.69) is 15.0 Å². The lowest BCUT2D eigenvalue weighted by Gasteiger charge is -2.34. The summed E-state index contributed by atoms with van der Waals surface area (Å²) in [5.41, 5.74) is 1.13. The number of nitrogens with zero attached hydrogens (tertiary/aromatic N) is 4. The maximum Gasteiger partial charge on any atom is 0.387 e. The van der Waals surface area contributed by atoms with Gasteiger partial charge in [0.2, 0.25) is 0 Å². The zero-order valence-corrected chi connectivity index (χ0v) is 15.4. The Bertz CT molecular complexity index is 869. The number of amides is 1. The predicted molar refractivity (Wildman–Crippen MR) is 93.5 cm³/mol. The molecule has 3 rings (SSSR count). The van der Waals surface area contributed by atoms with Crippen LogP contribution < -0.4 is 4.74 Å². The van der Waals surface area contributed by atoms with Gasteiger partial charge in [-0.25, -0.2) is 4.68 Å². The van der Waals surface area contributed by atoms with Crippen LogP contribution in [0.1, 0.15) is 29.5 Å². The van der Waals surface area contributed by atoms with Gasteiger partial charge in [-0.15, -0.1) is 5.10 Å². The molecule has 0 bridgehead atoms. The highest BCUT2D eigenvalue weighted by molar-refractivity contribution is 5.93. The Hall–Kier alpha value is -3.04. The van der Waals surface area contributed by atoms with Crippen molar-refractivity contribution >= 4 is 11.9 Å². The van der Waals surface area contributed by atoms with Crippen LogP contribution in [0.2, 0.25) is 0 Å². The minimum Gasteiger partial charge on any atom is -0.481 e. The number of aliphatic carboxylic acids is 1. The van der Waals surface area contributed by atoms with Crippen molar-refractivity contribution in [1.29, 1.82) is 0 Å². The summed E-state index contributed by atoms with van der Waals surface area (Å²) in [6.07, 6.45) is 0.526. The molecule has 10 heteroatoms. The van der Waals surface area contributed by atoms with Gasteiger partial charge in [-0.1, -0.05) is 12.1 Å². The van der Waals surface area contributed by atoms with Crippen molar-refractivity contribution in [3.05, 3.63) is 35.7 Å². The summed E-state index contributed by atoms with van der Waals surface area (Å²) in [5, 5.41) is 17.2. The lowest BCUT2D eigenvalue weighted by Crippen LogP contribution is -2.45. The topological polar surface area (TPSA) is 97.5 Å². The third-order valence-corrected chi connectivity index (χ3v) is 4.70. The molecule has 1 aromatic carbocycles. The number of carbonyl (C=O) groups excluding carboxylic acids is 1. The number of carbonyl (C=O) groups is 2. The van der Waals surface area contributed by atoms with Gasteiger partial charge < -0.3 is 14.7 Å². The molecule has 0 radical (unpaired) electrons. The molecule has 0 saturated carbocycles. The van der Waals surface area contributed by atoms with Gasteiger partial charge in [0, 0.05) is 13.1 Å². The maximum atomic E-state index is 12.9. The molecular weight excluding hydrogens is 374 g/mol. The molecule has 0 spiro atoms. The van der Waals surface area contributed by atoms with E-state index in [9.17, 15) is 23.5 Å². The molecule has 1 saturated heterocycles. The summed E-state index contributed by atoms with van der Waals surface area (Å²) in [5.74, 6) is -1.83. The van der Waals surface area contributed by atoms with Crippen molar-refractivity contribution in [3.8, 4) is 11.4 Å². The number of hydrogen-bond donors (Lipinski definition) is 1. The van der Waals surface area contributed by atoms with Gasteiger partial charge >= 0.3 is 12.6 Å². The van der Waals surface area contributed by atoms with E-state index < -0.39 is 18.5 Å². The smallest absolute Gasteiger partial charge is 0.387 e. The summed E-state index contributed by atoms with van der Waals surface area (Å²) in [6, 6.07) is 5.79. The van der Waals surface area contributed by atoms with Crippen molar-refractivity contribution in [2.24, 2.45) is 11.8 Å². The van der Waals surface area contributed by atoms with E-state index in [1.54, 1.807) is 6.92 Å². The van der Waals surface area contributed by atoms with Gasteiger partial charge in [0.1, 0.15) is 5.75 Å². The van der Waals surface area contributed by atoms with Crippen LogP contribution in [0.3, 0.4) is 0 Å². The SMILES string of the molecule is Cc1c(C(=O)N2CC(C)CC(C(=O)O)C2)nnn1-c1ccc(OC(F)F)cc1. The van der Waals surface area contributed by atoms with E-state index >= 15 is 0 Å². The van der Waals surface area contributed by atoms with Gasteiger partial charge in [-0.05, 0) is 43.5 Å². The number of carboxylic acid groups (broad SMARTS) is 1. The Morgan fingerprint density at radius 1 is 1.25 bits per heavy atom. The van der Waals surface area contributed by atoms with Crippen LogP contribution in [0.15, 0.2) is 24.3 Å². The molecule has 1 aliphatic rings. The molecule has 1 aromatic heterocycles. The molecule has 1 aliphatic heterocycles. The summed E-state index contributed by atoms with van der Waals surface area (Å²) in [4.78, 5) is 25.7. The first-order valence-electron chi connectivity index (χ1n) is 8.76. The quantitative estimate of drug-likeness (QED) is 0.836. The number of aromatic nitrogens is 3. The number of alkyl halides is 2. The fraction of sp³-hybridized carbons (Fsp3) is 0.444. The number of likely N-dealkylation sites (tertiary alicyclic amines) is 1. The Kier molecular flexibility index (Phi) is 5.57. The lowest BCUT2D eigenvalue weighted by atomic mass is 9.90. The van der Waals surface area contributed by atoms with E-state index in [0.717, 1.165) is 0 Å². The molecule has 8 nitrogen and oxygen atoms in total. The van der Waals surface area contributed by atoms with Crippen LogP contribution >= 0.6 is 0 Å². The lowest BCUT2D eigenvalue weighted by molar-refractivity contribution is -0.143. The van der Waals surface area contributed by atoms with Gasteiger partial charge in [-0.2, -0.15) is 8.78 Å². The average molecular weight is 394 g/mol. The van der Waals surface area contributed by atoms with E-state index in [1.807, 2.05) is 6.92 Å². The zero-order chi connectivity index (χ0) is 20.4. The Morgan fingerprint density at radius 3 is 2.54 bits per heavy atom. The average Bonchev–Trinajstić information content (AvgIpc) is 3.02. The number of hydrogen-bond acceptors (Lipinski definition) is 5. The Morgan fingerprint density at radius 2 is 1.93 bits per heavy atom. The molecule has 2 unspecified atom stereocenters. The van der Waals surface area contributed by atoms with E-state index in [1.165, 1.54) is 33.8 Å². The van der Waals surface area contributed by atoms with E-state index in [4.69, 9.17) is 0 Å². The minimum atomic E-state index is -2.91. The molecule has 28 heavy (non-hydrogen) atoms. The largest absolute Gasteiger partial charge is 0.481 e. The fourth-order valence-corrected chi connectivity index (χ4v) is 3.39. The number of carboxylic acids is 1. The third-order valence-electron chi connectivity index (χ3n) is 4.70. The van der Waals surface area contributed by atoms with E-state index in [-0.39, 0.29) is 29.8 Å². The summed E-state index contributed by atoms with van der Waals surface area (Å²) in [7, 11) is 0. The molecule has 150 valence electrons. The van der Waals surface area contributed by atoms with Crippen LogP contribution in [0.5, 0.6) is 5.75 Å². The molecule has 2 atom stereocenters. The monoisotopic (exact) mass is 394 g/mol. The molecule has 1 amide bonds. The second-order valence-electron chi connectivity index (χ2n) is 6.89. The van der Waals surface area contributed by atoms with Crippen LogP contribution in [-0.4, -0.2) is 56.6 Å². The number of rotatable bonds is 5. The van der Waals surface area contributed by atoms with Crippen molar-refractivity contribution in [2.75, 3.05) is 13.1 Å². The first-order valence-corrected chi connectivity index (χ1v) is 8.76. The molecule has 2 aromatic rings. The number of piperidine rings is 1. The second kappa shape index (κ2) is 7.91. The van der Waals surface area contributed by atoms with Crippen LogP contribution in [0.4, 0.5) is 8.78 Å². The Balaban J connectivity index is 1.80. The van der Waals surface area contributed by atoms with E-state index in [0.29, 0.717) is 24.3 Å². The van der Waals surface area contributed by atoms with Gasteiger partial charge in [0.15, 0.2) is 5.69 Å². The van der Waals surface area contributed by atoms with Crippen LogP contribution in [-0.2, 0) is 4.79 Å². The van der Waals surface area contributed by atoms with Crippen molar-refractivity contribution in [1.82, 2.24) is 19.9 Å².